The molecule has 2 aliphatic heterocycles. The minimum atomic E-state index is -0.292. The number of hydrogen-bond acceptors (Lipinski definition) is 6. The number of benzene rings is 1. The van der Waals surface area contributed by atoms with Gasteiger partial charge in [0.2, 0.25) is 5.91 Å². The van der Waals surface area contributed by atoms with Crippen molar-refractivity contribution in [3.63, 3.8) is 0 Å². The molecular formula is C20H30FN5O3. The van der Waals surface area contributed by atoms with E-state index in [0.717, 1.165) is 31.4 Å². The second-order valence-electron chi connectivity index (χ2n) is 7.44. The second-order valence-corrected chi connectivity index (χ2v) is 7.44. The topological polar surface area (TPSA) is 85.9 Å². The average Bonchev–Trinajstić information content (AvgIpc) is 3.05. The first-order valence-electron chi connectivity index (χ1n) is 10.2. The van der Waals surface area contributed by atoms with Gasteiger partial charge in [-0.3, -0.25) is 21.0 Å². The summed E-state index contributed by atoms with van der Waals surface area (Å²) in [5.74, 6) is -0.434. The molecule has 1 aromatic carbocycles. The Bertz CT molecular complexity index is 711. The predicted molar refractivity (Wildman–Crippen MR) is 108 cm³/mol. The maximum Gasteiger partial charge on any atom is 0.324 e. The lowest BCUT2D eigenvalue weighted by molar-refractivity contribution is -0.118. The van der Waals surface area contributed by atoms with Crippen molar-refractivity contribution >= 4 is 17.6 Å². The van der Waals surface area contributed by atoms with E-state index in [1.165, 1.54) is 11.0 Å². The maximum absolute atomic E-state index is 14.2. The second kappa shape index (κ2) is 10.5. The summed E-state index contributed by atoms with van der Waals surface area (Å²) in [6.45, 7) is 6.23. The van der Waals surface area contributed by atoms with Crippen LogP contribution in [0.15, 0.2) is 18.2 Å². The van der Waals surface area contributed by atoms with E-state index in [1.54, 1.807) is 6.07 Å². The van der Waals surface area contributed by atoms with Gasteiger partial charge in [-0.2, -0.15) is 0 Å². The molecule has 1 atom stereocenters. The smallest absolute Gasteiger partial charge is 0.324 e. The number of amides is 3. The first-order valence-corrected chi connectivity index (χ1v) is 10.2. The summed E-state index contributed by atoms with van der Waals surface area (Å²) >= 11 is 0. The summed E-state index contributed by atoms with van der Waals surface area (Å²) in [6.07, 6.45) is 2.77. The Hall–Kier alpha value is -2.23. The summed E-state index contributed by atoms with van der Waals surface area (Å²) < 4.78 is 19.6. The number of nitrogens with zero attached hydrogens (tertiary/aromatic N) is 2. The number of urea groups is 1. The van der Waals surface area contributed by atoms with Gasteiger partial charge >= 0.3 is 6.03 Å². The van der Waals surface area contributed by atoms with Crippen molar-refractivity contribution in [1.82, 2.24) is 21.1 Å². The van der Waals surface area contributed by atoms with Crippen molar-refractivity contribution in [3.05, 3.63) is 29.6 Å². The van der Waals surface area contributed by atoms with Gasteiger partial charge < -0.3 is 14.5 Å². The van der Waals surface area contributed by atoms with Crippen molar-refractivity contribution in [2.75, 3.05) is 50.8 Å². The van der Waals surface area contributed by atoms with Gasteiger partial charge in [0.05, 0.1) is 18.9 Å². The molecule has 0 radical (unpaired) electrons. The number of hydrazine groups is 1. The van der Waals surface area contributed by atoms with E-state index < -0.39 is 0 Å². The molecule has 3 N–H and O–H groups in total. The third kappa shape index (κ3) is 6.12. The van der Waals surface area contributed by atoms with Crippen LogP contribution in [0, 0.1) is 5.82 Å². The Labute approximate surface area is 170 Å². The Morgan fingerprint density at radius 2 is 2.00 bits per heavy atom. The van der Waals surface area contributed by atoms with Crippen LogP contribution in [-0.2, 0) is 9.53 Å². The molecular weight excluding hydrogens is 377 g/mol. The summed E-state index contributed by atoms with van der Waals surface area (Å²) in [7, 11) is 0. The molecule has 3 rings (SSSR count). The number of carbonyl (C=O) groups excluding carboxylic acids is 2. The first kappa shape index (κ1) is 21.5. The molecule has 2 heterocycles. The third-order valence-corrected chi connectivity index (χ3v) is 5.24. The molecule has 0 spiro atoms. The number of halogens is 1. The number of morpholine rings is 1. The van der Waals surface area contributed by atoms with Crippen LogP contribution in [0.3, 0.4) is 0 Å². The van der Waals surface area contributed by atoms with Gasteiger partial charge in [-0.25, -0.2) is 9.18 Å². The Balaban J connectivity index is 1.34. The molecule has 29 heavy (non-hydrogen) atoms. The number of hydrogen-bond donors (Lipinski definition) is 3. The predicted octanol–water partition coefficient (Wildman–Crippen LogP) is 1.54. The zero-order valence-electron chi connectivity index (χ0n) is 16.9. The zero-order chi connectivity index (χ0) is 20.6. The minimum absolute atomic E-state index is 0.0368. The molecule has 8 nitrogen and oxygen atoms in total. The standard InChI is InChI=1S/C20H30FN5O3/c1-15(16-5-6-17(21)18(13-16)25-9-11-29-12-10-25)24-22-7-3-2-4-8-26-14-19(27)23-20(26)28/h5-6,13,15,22,24H,2-4,7-12,14H2,1H3,(H,23,27,28). The van der Waals surface area contributed by atoms with Crippen molar-refractivity contribution in [2.24, 2.45) is 0 Å². The zero-order valence-corrected chi connectivity index (χ0v) is 16.9. The number of ether oxygens (including phenoxy) is 1. The lowest BCUT2D eigenvalue weighted by Gasteiger charge is -2.30. The summed E-state index contributed by atoms with van der Waals surface area (Å²) in [4.78, 5) is 26.1. The van der Waals surface area contributed by atoms with Crippen molar-refractivity contribution in [3.8, 4) is 0 Å². The van der Waals surface area contributed by atoms with Gasteiger partial charge in [0.25, 0.3) is 0 Å². The highest BCUT2D eigenvalue weighted by Crippen LogP contribution is 2.25. The number of nitrogens with one attached hydrogen (secondary N) is 3. The van der Waals surface area contributed by atoms with Crippen LogP contribution >= 0.6 is 0 Å². The summed E-state index contributed by atoms with van der Waals surface area (Å²) in [5, 5.41) is 2.28. The fourth-order valence-electron chi connectivity index (χ4n) is 3.51. The van der Waals surface area contributed by atoms with Crippen LogP contribution in [-0.4, -0.2) is 62.8 Å². The SMILES string of the molecule is CC(NNCCCCCN1CC(=O)NC1=O)c1ccc(F)c(N2CCOCC2)c1. The number of rotatable bonds is 10. The quantitative estimate of drug-likeness (QED) is 0.310. The minimum Gasteiger partial charge on any atom is -0.378 e. The molecule has 3 amide bonds. The van der Waals surface area contributed by atoms with E-state index in [4.69, 9.17) is 4.74 Å². The number of anilines is 1. The van der Waals surface area contributed by atoms with Crippen molar-refractivity contribution in [1.29, 1.82) is 0 Å². The lowest BCUT2D eigenvalue weighted by atomic mass is 10.1. The number of carbonyl (C=O) groups is 2. The number of imide groups is 1. The molecule has 9 heteroatoms. The average molecular weight is 407 g/mol. The maximum atomic E-state index is 14.2. The molecule has 0 aromatic heterocycles. The van der Waals surface area contributed by atoms with Gasteiger partial charge in [0.15, 0.2) is 0 Å². The van der Waals surface area contributed by atoms with Crippen molar-refractivity contribution < 1.29 is 18.7 Å². The van der Waals surface area contributed by atoms with Crippen LogP contribution in [0.2, 0.25) is 0 Å². The van der Waals surface area contributed by atoms with Gasteiger partial charge in [0.1, 0.15) is 12.4 Å². The molecule has 1 unspecified atom stereocenters. The lowest BCUT2D eigenvalue weighted by Crippen LogP contribution is -2.37. The highest BCUT2D eigenvalue weighted by Gasteiger charge is 2.25. The highest BCUT2D eigenvalue weighted by molar-refractivity contribution is 6.01. The van der Waals surface area contributed by atoms with Gasteiger partial charge in [-0.05, 0) is 37.5 Å². The van der Waals surface area contributed by atoms with E-state index in [-0.39, 0.29) is 30.3 Å². The van der Waals surface area contributed by atoms with Gasteiger partial charge in [-0.1, -0.05) is 12.5 Å². The molecule has 2 fully saturated rings. The van der Waals surface area contributed by atoms with Crippen LogP contribution in [0.4, 0.5) is 14.9 Å². The molecule has 0 saturated carbocycles. The fourth-order valence-corrected chi connectivity index (χ4v) is 3.51. The molecule has 2 aliphatic rings. The fraction of sp³-hybridized carbons (Fsp3) is 0.600. The van der Waals surface area contributed by atoms with E-state index >= 15 is 0 Å². The van der Waals surface area contributed by atoms with Crippen LogP contribution in [0.25, 0.3) is 0 Å². The third-order valence-electron chi connectivity index (χ3n) is 5.24. The highest BCUT2D eigenvalue weighted by atomic mass is 19.1. The molecule has 1 aromatic rings. The van der Waals surface area contributed by atoms with Gasteiger partial charge in [-0.15, -0.1) is 0 Å². The summed E-state index contributed by atoms with van der Waals surface area (Å²) in [5.41, 5.74) is 8.12. The molecule has 2 saturated heterocycles. The Kier molecular flexibility index (Phi) is 7.79. The Morgan fingerprint density at radius 3 is 2.72 bits per heavy atom. The van der Waals surface area contributed by atoms with Gasteiger partial charge in [0, 0.05) is 32.2 Å². The van der Waals surface area contributed by atoms with E-state index in [2.05, 4.69) is 16.2 Å². The number of unbranched alkanes of at least 4 members (excludes halogenated alkanes) is 2. The van der Waals surface area contributed by atoms with E-state index in [9.17, 15) is 14.0 Å². The molecule has 0 bridgehead atoms. The van der Waals surface area contributed by atoms with Crippen LogP contribution in [0.1, 0.15) is 37.8 Å². The first-order chi connectivity index (χ1) is 14.0. The Morgan fingerprint density at radius 1 is 1.21 bits per heavy atom. The van der Waals surface area contributed by atoms with E-state index in [1.807, 2.05) is 17.9 Å². The van der Waals surface area contributed by atoms with E-state index in [0.29, 0.717) is 38.5 Å². The molecule has 160 valence electrons. The van der Waals surface area contributed by atoms with Crippen LogP contribution in [0.5, 0.6) is 0 Å². The normalized spacial score (nSPS) is 18.3. The molecule has 0 aliphatic carbocycles. The summed E-state index contributed by atoms with van der Waals surface area (Å²) in [6, 6.07) is 4.98. The largest absolute Gasteiger partial charge is 0.378 e. The van der Waals surface area contributed by atoms with Crippen LogP contribution < -0.4 is 21.1 Å². The monoisotopic (exact) mass is 407 g/mol. The van der Waals surface area contributed by atoms with Crippen molar-refractivity contribution in [2.45, 2.75) is 32.2 Å².